The van der Waals surface area contributed by atoms with Gasteiger partial charge in [0.1, 0.15) is 5.75 Å². The minimum Gasteiger partial charge on any atom is -0.497 e. The topological polar surface area (TPSA) is 57.2 Å². The Labute approximate surface area is 112 Å². The van der Waals surface area contributed by atoms with Crippen molar-refractivity contribution < 1.29 is 4.74 Å². The number of benzene rings is 1. The first kappa shape index (κ1) is 13.4. The molecule has 4 nitrogen and oxygen atoms in total. The van der Waals surface area contributed by atoms with Crippen molar-refractivity contribution >= 4 is 0 Å². The van der Waals surface area contributed by atoms with Crippen molar-refractivity contribution in [2.45, 2.75) is 19.5 Å². The summed E-state index contributed by atoms with van der Waals surface area (Å²) in [6, 6.07) is 10.9. The summed E-state index contributed by atoms with van der Waals surface area (Å²) >= 11 is 0. The van der Waals surface area contributed by atoms with Crippen LogP contribution >= 0.6 is 0 Å². The van der Waals surface area contributed by atoms with Crippen molar-refractivity contribution in [2.24, 2.45) is 5.73 Å². The number of ether oxygens (including phenoxy) is 1. The smallest absolute Gasteiger partial charge is 0.250 e. The second-order valence-electron chi connectivity index (χ2n) is 4.57. The van der Waals surface area contributed by atoms with Gasteiger partial charge in [-0.2, -0.15) is 0 Å². The first-order valence-corrected chi connectivity index (χ1v) is 6.17. The molecule has 0 saturated heterocycles. The first-order chi connectivity index (χ1) is 9.10. The van der Waals surface area contributed by atoms with Crippen LogP contribution in [0.5, 0.6) is 5.75 Å². The fourth-order valence-electron chi connectivity index (χ4n) is 1.93. The summed E-state index contributed by atoms with van der Waals surface area (Å²) in [6.07, 6.45) is 1.78. The molecule has 1 aromatic heterocycles. The minimum atomic E-state index is -0.216. The summed E-state index contributed by atoms with van der Waals surface area (Å²) in [5.74, 6) is 0.795. The van der Waals surface area contributed by atoms with Crippen molar-refractivity contribution in [3.8, 4) is 5.75 Å². The van der Waals surface area contributed by atoms with Crippen LogP contribution in [0.15, 0.2) is 47.4 Å². The molecule has 0 radical (unpaired) electrons. The van der Waals surface area contributed by atoms with E-state index in [1.54, 1.807) is 23.9 Å². The third-order valence-electron chi connectivity index (χ3n) is 3.09. The summed E-state index contributed by atoms with van der Waals surface area (Å²) in [4.78, 5) is 11.8. The third-order valence-corrected chi connectivity index (χ3v) is 3.09. The van der Waals surface area contributed by atoms with E-state index in [9.17, 15) is 4.79 Å². The Bertz CT molecular complexity index is 602. The van der Waals surface area contributed by atoms with Gasteiger partial charge in [0, 0.05) is 24.8 Å². The maximum atomic E-state index is 11.8. The Hall–Kier alpha value is -2.07. The molecule has 0 fully saturated rings. The average Bonchev–Trinajstić information content (AvgIpc) is 2.42. The largest absolute Gasteiger partial charge is 0.497 e. The predicted octanol–water partition coefficient (Wildman–Crippen LogP) is 1.87. The normalized spacial score (nSPS) is 12.2. The molecule has 1 atom stereocenters. The quantitative estimate of drug-likeness (QED) is 0.910. The Morgan fingerprint density at radius 3 is 2.53 bits per heavy atom. The van der Waals surface area contributed by atoms with Crippen LogP contribution in [0, 0.1) is 6.92 Å². The van der Waals surface area contributed by atoms with E-state index in [2.05, 4.69) is 0 Å². The van der Waals surface area contributed by atoms with Gasteiger partial charge in [-0.3, -0.25) is 4.79 Å². The number of nitrogens with zero attached hydrogens (tertiary/aromatic N) is 1. The van der Waals surface area contributed by atoms with Crippen LogP contribution in [-0.2, 0) is 6.54 Å². The van der Waals surface area contributed by atoms with Crippen LogP contribution in [0.4, 0.5) is 0 Å². The summed E-state index contributed by atoms with van der Waals surface area (Å²) in [6.45, 7) is 2.36. The standard InChI is InChI=1S/C15H18N2O2/c1-11-7-8-17(15(18)9-11)10-14(16)12-3-5-13(19-2)6-4-12/h3-9,14H,10,16H2,1-2H3. The number of pyridine rings is 1. The van der Waals surface area contributed by atoms with E-state index in [0.717, 1.165) is 16.9 Å². The zero-order valence-electron chi connectivity index (χ0n) is 11.2. The van der Waals surface area contributed by atoms with Crippen molar-refractivity contribution in [1.29, 1.82) is 0 Å². The molecule has 2 rings (SSSR count). The highest BCUT2D eigenvalue weighted by Gasteiger charge is 2.08. The summed E-state index contributed by atoms with van der Waals surface area (Å²) in [5, 5.41) is 0. The van der Waals surface area contributed by atoms with E-state index in [4.69, 9.17) is 10.5 Å². The van der Waals surface area contributed by atoms with Crippen LogP contribution in [0.3, 0.4) is 0 Å². The highest BCUT2D eigenvalue weighted by Crippen LogP contribution is 2.16. The molecule has 0 aliphatic heterocycles. The number of rotatable bonds is 4. The van der Waals surface area contributed by atoms with Crippen LogP contribution in [0.25, 0.3) is 0 Å². The maximum absolute atomic E-state index is 11.8. The molecule has 0 spiro atoms. The second kappa shape index (κ2) is 5.71. The van der Waals surface area contributed by atoms with Gasteiger partial charge in [-0.1, -0.05) is 12.1 Å². The number of aryl methyl sites for hydroxylation is 1. The Morgan fingerprint density at radius 1 is 1.26 bits per heavy atom. The Morgan fingerprint density at radius 2 is 1.95 bits per heavy atom. The maximum Gasteiger partial charge on any atom is 0.250 e. The van der Waals surface area contributed by atoms with Crippen molar-refractivity contribution in [3.63, 3.8) is 0 Å². The fraction of sp³-hybridized carbons (Fsp3) is 0.267. The predicted molar refractivity (Wildman–Crippen MR) is 75.4 cm³/mol. The van der Waals surface area contributed by atoms with Crippen LogP contribution in [0.1, 0.15) is 17.2 Å². The fourth-order valence-corrected chi connectivity index (χ4v) is 1.93. The van der Waals surface area contributed by atoms with Crippen molar-refractivity contribution in [2.75, 3.05) is 7.11 Å². The summed E-state index contributed by atoms with van der Waals surface area (Å²) in [7, 11) is 1.63. The Kier molecular flexibility index (Phi) is 4.02. The molecule has 19 heavy (non-hydrogen) atoms. The molecule has 2 N–H and O–H groups in total. The molecule has 1 aromatic carbocycles. The highest BCUT2D eigenvalue weighted by atomic mass is 16.5. The lowest BCUT2D eigenvalue weighted by Gasteiger charge is -2.14. The van der Waals surface area contributed by atoms with Gasteiger partial charge >= 0.3 is 0 Å². The van der Waals surface area contributed by atoms with Gasteiger partial charge in [0.05, 0.1) is 7.11 Å². The molecule has 1 heterocycles. The number of hydrogen-bond acceptors (Lipinski definition) is 3. The van der Waals surface area contributed by atoms with E-state index in [0.29, 0.717) is 6.54 Å². The van der Waals surface area contributed by atoms with E-state index >= 15 is 0 Å². The number of nitrogens with two attached hydrogens (primary N) is 1. The Balaban J connectivity index is 2.15. The van der Waals surface area contributed by atoms with E-state index < -0.39 is 0 Å². The summed E-state index contributed by atoms with van der Waals surface area (Å²) < 4.78 is 6.73. The molecule has 4 heteroatoms. The van der Waals surface area contributed by atoms with Gasteiger partial charge in [0.25, 0.3) is 5.56 Å². The van der Waals surface area contributed by atoms with Gasteiger partial charge in [-0.25, -0.2) is 0 Å². The van der Waals surface area contributed by atoms with E-state index in [1.807, 2.05) is 37.3 Å². The molecule has 0 bridgehead atoms. The molecule has 0 amide bonds. The summed E-state index contributed by atoms with van der Waals surface area (Å²) in [5.41, 5.74) is 8.04. The average molecular weight is 258 g/mol. The van der Waals surface area contributed by atoms with Gasteiger partial charge < -0.3 is 15.0 Å². The lowest BCUT2D eigenvalue weighted by Crippen LogP contribution is -2.26. The number of aromatic nitrogens is 1. The minimum absolute atomic E-state index is 0.0241. The molecule has 100 valence electrons. The van der Waals surface area contributed by atoms with Crippen LogP contribution < -0.4 is 16.0 Å². The van der Waals surface area contributed by atoms with Gasteiger partial charge in [0.2, 0.25) is 0 Å². The third kappa shape index (κ3) is 3.23. The van der Waals surface area contributed by atoms with Gasteiger partial charge in [-0.05, 0) is 36.2 Å². The van der Waals surface area contributed by atoms with Crippen LogP contribution in [-0.4, -0.2) is 11.7 Å². The SMILES string of the molecule is COc1ccc(C(N)Cn2ccc(C)cc2=O)cc1. The zero-order chi connectivity index (χ0) is 13.8. The van der Waals surface area contributed by atoms with Gasteiger partial charge in [-0.15, -0.1) is 0 Å². The number of hydrogen-bond donors (Lipinski definition) is 1. The molecular formula is C15H18N2O2. The van der Waals surface area contributed by atoms with Crippen molar-refractivity contribution in [3.05, 3.63) is 64.1 Å². The van der Waals surface area contributed by atoms with Crippen LogP contribution in [0.2, 0.25) is 0 Å². The van der Waals surface area contributed by atoms with E-state index in [1.165, 1.54) is 0 Å². The second-order valence-corrected chi connectivity index (χ2v) is 4.57. The molecular weight excluding hydrogens is 240 g/mol. The molecule has 0 saturated carbocycles. The first-order valence-electron chi connectivity index (χ1n) is 6.17. The molecule has 1 unspecified atom stereocenters. The highest BCUT2D eigenvalue weighted by molar-refractivity contribution is 5.28. The molecule has 0 aliphatic carbocycles. The lowest BCUT2D eigenvalue weighted by molar-refractivity contribution is 0.414. The van der Waals surface area contributed by atoms with E-state index in [-0.39, 0.29) is 11.6 Å². The monoisotopic (exact) mass is 258 g/mol. The zero-order valence-corrected chi connectivity index (χ0v) is 11.2. The molecule has 2 aromatic rings. The van der Waals surface area contributed by atoms with Crippen molar-refractivity contribution in [1.82, 2.24) is 4.57 Å². The lowest BCUT2D eigenvalue weighted by atomic mass is 10.1. The van der Waals surface area contributed by atoms with Gasteiger partial charge in [0.15, 0.2) is 0 Å². The number of methoxy groups -OCH3 is 1. The molecule has 0 aliphatic rings.